The minimum Gasteiger partial charge on any atom is -0.456 e. The van der Waals surface area contributed by atoms with E-state index in [1.807, 2.05) is 66.7 Å². The molecule has 0 fully saturated rings. The van der Waals surface area contributed by atoms with Gasteiger partial charge in [-0.05, 0) is 70.8 Å². The third kappa shape index (κ3) is 5.45. The van der Waals surface area contributed by atoms with Crippen molar-refractivity contribution in [2.24, 2.45) is 0 Å². The van der Waals surface area contributed by atoms with Gasteiger partial charge in [-0.15, -0.1) is 0 Å². The number of hydrogen-bond acceptors (Lipinski definition) is 4. The van der Waals surface area contributed by atoms with E-state index in [-0.39, 0.29) is 0 Å². The zero-order valence-electron chi connectivity index (χ0n) is 30.2. The van der Waals surface area contributed by atoms with Gasteiger partial charge in [-0.2, -0.15) is 0 Å². The Labute approximate surface area is 322 Å². The quantitative estimate of drug-likeness (QED) is 0.172. The van der Waals surface area contributed by atoms with Crippen molar-refractivity contribution in [3.05, 3.63) is 194 Å². The maximum Gasteiger partial charge on any atom is 0.164 e. The maximum absolute atomic E-state index is 6.49. The van der Waals surface area contributed by atoms with Crippen LogP contribution < -0.4 is 0 Å². The Morgan fingerprint density at radius 1 is 0.304 bits per heavy atom. The fourth-order valence-electron chi connectivity index (χ4n) is 7.92. The summed E-state index contributed by atoms with van der Waals surface area (Å²) in [6.07, 6.45) is 0. The summed E-state index contributed by atoms with van der Waals surface area (Å²) in [5, 5.41) is 4.58. The van der Waals surface area contributed by atoms with Crippen molar-refractivity contribution in [2.75, 3.05) is 0 Å². The number of rotatable bonds is 6. The van der Waals surface area contributed by atoms with Crippen molar-refractivity contribution in [1.82, 2.24) is 19.5 Å². The molecule has 0 unspecified atom stereocenters. The maximum atomic E-state index is 6.49. The van der Waals surface area contributed by atoms with Gasteiger partial charge in [0.05, 0.1) is 11.0 Å². The molecule has 0 aliphatic rings. The van der Waals surface area contributed by atoms with E-state index in [0.29, 0.717) is 17.5 Å². The standard InChI is InChI=1S/C51H32N4O/c1-4-13-33(14-5-1)38-23-26-42-41-21-10-11-22-45(41)55(46(42)31-38)40-20-12-19-36(29-40)37-25-28-47-44(30-37)43-27-24-39(32-48(43)56-47)51-53-49(34-15-6-2-7-16-34)52-50(54-51)35-17-8-3-9-18-35/h1-32H. The molecule has 3 aromatic heterocycles. The van der Waals surface area contributed by atoms with Crippen LogP contribution in [-0.2, 0) is 0 Å². The van der Waals surface area contributed by atoms with Crippen molar-refractivity contribution >= 4 is 43.7 Å². The predicted octanol–water partition coefficient (Wildman–Crippen LogP) is 13.2. The first kappa shape index (κ1) is 31.9. The van der Waals surface area contributed by atoms with Crippen LogP contribution in [0.25, 0.3) is 106 Å². The third-order valence-corrected chi connectivity index (χ3v) is 10.6. The average Bonchev–Trinajstić information content (AvgIpc) is 3.81. The molecule has 11 aromatic rings. The average molecular weight is 717 g/mol. The molecule has 0 saturated carbocycles. The minimum absolute atomic E-state index is 0.596. The summed E-state index contributed by atoms with van der Waals surface area (Å²) in [7, 11) is 0. The van der Waals surface area contributed by atoms with Crippen LogP contribution in [0, 0.1) is 0 Å². The topological polar surface area (TPSA) is 56.7 Å². The van der Waals surface area contributed by atoms with Crippen molar-refractivity contribution < 1.29 is 4.42 Å². The molecular weight excluding hydrogens is 685 g/mol. The number of hydrogen-bond donors (Lipinski definition) is 0. The van der Waals surface area contributed by atoms with Gasteiger partial charge >= 0.3 is 0 Å². The molecule has 5 nitrogen and oxygen atoms in total. The Morgan fingerprint density at radius 3 is 1.57 bits per heavy atom. The van der Waals surface area contributed by atoms with E-state index in [1.54, 1.807) is 0 Å². The van der Waals surface area contributed by atoms with Crippen LogP contribution in [0.2, 0.25) is 0 Å². The number of para-hydroxylation sites is 1. The minimum atomic E-state index is 0.596. The molecule has 0 spiro atoms. The summed E-state index contributed by atoms with van der Waals surface area (Å²) in [5.74, 6) is 1.85. The van der Waals surface area contributed by atoms with Crippen molar-refractivity contribution in [3.63, 3.8) is 0 Å². The SMILES string of the molecule is c1ccc(-c2ccc3c4ccccc4n(-c4cccc(-c5ccc6oc7cc(-c8nc(-c9ccccc9)nc(-c9ccccc9)n8)ccc7c6c5)c4)c3c2)cc1. The Morgan fingerprint density at radius 2 is 0.839 bits per heavy atom. The summed E-state index contributed by atoms with van der Waals surface area (Å²) in [5.41, 5.74) is 12.5. The van der Waals surface area contributed by atoms with E-state index in [1.165, 1.54) is 32.9 Å². The number of fused-ring (bicyclic) bond motifs is 6. The van der Waals surface area contributed by atoms with Crippen LogP contribution >= 0.6 is 0 Å². The van der Waals surface area contributed by atoms with E-state index < -0.39 is 0 Å². The van der Waals surface area contributed by atoms with Crippen LogP contribution in [0.3, 0.4) is 0 Å². The molecule has 11 rings (SSSR count). The van der Waals surface area contributed by atoms with Crippen LogP contribution in [0.15, 0.2) is 199 Å². The molecule has 0 aliphatic carbocycles. The largest absolute Gasteiger partial charge is 0.456 e. The van der Waals surface area contributed by atoms with Gasteiger partial charge in [-0.1, -0.05) is 146 Å². The van der Waals surface area contributed by atoms with Gasteiger partial charge in [-0.3, -0.25) is 0 Å². The lowest BCUT2D eigenvalue weighted by Gasteiger charge is -2.11. The molecule has 0 N–H and O–H groups in total. The van der Waals surface area contributed by atoms with E-state index in [4.69, 9.17) is 19.4 Å². The van der Waals surface area contributed by atoms with Crippen LogP contribution in [0.1, 0.15) is 0 Å². The van der Waals surface area contributed by atoms with Gasteiger partial charge in [0.25, 0.3) is 0 Å². The Kier molecular flexibility index (Phi) is 7.42. The molecule has 3 heterocycles. The molecular formula is C51H32N4O. The highest BCUT2D eigenvalue weighted by Gasteiger charge is 2.17. The molecule has 5 heteroatoms. The van der Waals surface area contributed by atoms with Crippen molar-refractivity contribution in [3.8, 4) is 62.1 Å². The monoisotopic (exact) mass is 716 g/mol. The van der Waals surface area contributed by atoms with Crippen LogP contribution in [0.4, 0.5) is 0 Å². The van der Waals surface area contributed by atoms with Crippen LogP contribution in [0.5, 0.6) is 0 Å². The fourth-order valence-corrected chi connectivity index (χ4v) is 7.92. The first-order valence-corrected chi connectivity index (χ1v) is 18.8. The smallest absolute Gasteiger partial charge is 0.164 e. The third-order valence-electron chi connectivity index (χ3n) is 10.6. The summed E-state index contributed by atoms with van der Waals surface area (Å²) < 4.78 is 8.88. The summed E-state index contributed by atoms with van der Waals surface area (Å²) in [6.45, 7) is 0. The van der Waals surface area contributed by atoms with Gasteiger partial charge in [0.2, 0.25) is 0 Å². The number of nitrogens with zero attached hydrogens (tertiary/aromatic N) is 4. The second-order valence-corrected chi connectivity index (χ2v) is 14.1. The van der Waals surface area contributed by atoms with Gasteiger partial charge in [0, 0.05) is 43.9 Å². The number of furan rings is 1. The lowest BCUT2D eigenvalue weighted by atomic mass is 10.0. The van der Waals surface area contributed by atoms with Crippen molar-refractivity contribution in [2.45, 2.75) is 0 Å². The van der Waals surface area contributed by atoms with Crippen LogP contribution in [-0.4, -0.2) is 19.5 Å². The van der Waals surface area contributed by atoms with E-state index in [2.05, 4.69) is 132 Å². The number of benzene rings is 8. The van der Waals surface area contributed by atoms with Gasteiger partial charge in [-0.25, -0.2) is 15.0 Å². The molecule has 56 heavy (non-hydrogen) atoms. The Balaban J connectivity index is 1.00. The summed E-state index contributed by atoms with van der Waals surface area (Å²) >= 11 is 0. The molecule has 8 aromatic carbocycles. The van der Waals surface area contributed by atoms with E-state index in [9.17, 15) is 0 Å². The zero-order valence-corrected chi connectivity index (χ0v) is 30.2. The normalized spacial score (nSPS) is 11.6. The summed E-state index contributed by atoms with van der Waals surface area (Å²) in [6, 6.07) is 67.7. The molecule has 262 valence electrons. The van der Waals surface area contributed by atoms with Gasteiger partial charge in [0.1, 0.15) is 11.2 Å². The molecule has 0 bridgehead atoms. The summed E-state index contributed by atoms with van der Waals surface area (Å²) in [4.78, 5) is 14.7. The zero-order chi connectivity index (χ0) is 37.0. The lowest BCUT2D eigenvalue weighted by molar-refractivity contribution is 0.669. The fraction of sp³-hybridized carbons (Fsp3) is 0. The predicted molar refractivity (Wildman–Crippen MR) is 229 cm³/mol. The molecule has 0 aliphatic heterocycles. The molecule has 0 amide bonds. The first-order valence-electron chi connectivity index (χ1n) is 18.8. The highest BCUT2D eigenvalue weighted by Crippen LogP contribution is 2.38. The van der Waals surface area contributed by atoms with E-state index in [0.717, 1.165) is 55.4 Å². The second-order valence-electron chi connectivity index (χ2n) is 14.1. The molecule has 0 atom stereocenters. The second kappa shape index (κ2) is 13.0. The highest BCUT2D eigenvalue weighted by atomic mass is 16.3. The van der Waals surface area contributed by atoms with Gasteiger partial charge in [0.15, 0.2) is 17.5 Å². The van der Waals surface area contributed by atoms with E-state index >= 15 is 0 Å². The lowest BCUT2D eigenvalue weighted by Crippen LogP contribution is -2.00. The highest BCUT2D eigenvalue weighted by molar-refractivity contribution is 6.10. The number of aromatic nitrogens is 4. The Bertz CT molecular complexity index is 3180. The van der Waals surface area contributed by atoms with Crippen molar-refractivity contribution in [1.29, 1.82) is 0 Å². The van der Waals surface area contributed by atoms with Gasteiger partial charge < -0.3 is 8.98 Å². The molecule has 0 saturated heterocycles. The molecule has 0 radical (unpaired) electrons. The Hall–Kier alpha value is -7.63. The first-order chi connectivity index (χ1) is 27.7.